The van der Waals surface area contributed by atoms with E-state index in [4.69, 9.17) is 9.47 Å². The molecule has 0 bridgehead atoms. The number of likely N-dealkylation sites (tertiary alicyclic amines) is 1. The largest absolute Gasteiger partial charge is 0.493 e. The second-order valence-corrected chi connectivity index (χ2v) is 11.7. The predicted octanol–water partition coefficient (Wildman–Crippen LogP) is 2.45. The monoisotopic (exact) mass is 579 g/mol. The van der Waals surface area contributed by atoms with E-state index in [1.165, 1.54) is 9.21 Å². The van der Waals surface area contributed by atoms with Crippen LogP contribution in [0.1, 0.15) is 17.5 Å². The van der Waals surface area contributed by atoms with Crippen molar-refractivity contribution in [3.05, 3.63) is 52.0 Å². The molecule has 0 aliphatic carbocycles. The van der Waals surface area contributed by atoms with Crippen LogP contribution < -0.4 is 9.47 Å². The standard InChI is InChI=1S/C25H30BrN3O6S/c1-17-14-19(5-6-20(17)26)36(32,33)28-12-10-27(11-13-28)21-16-24(30)29(25(21)31)9-8-18-4-7-22(34-2)23(15-18)35-3/h4-7,14-15,21H,8-13,16H2,1-3H3/t21-/m0/s1. The molecular formula is C25H30BrN3O6S. The number of rotatable bonds is 8. The van der Waals surface area contributed by atoms with Crippen LogP contribution >= 0.6 is 15.9 Å². The Morgan fingerprint density at radius 2 is 1.67 bits per heavy atom. The van der Waals surface area contributed by atoms with Crippen LogP contribution in [0, 0.1) is 6.92 Å². The van der Waals surface area contributed by atoms with Crippen molar-refractivity contribution in [2.45, 2.75) is 30.7 Å². The van der Waals surface area contributed by atoms with Crippen molar-refractivity contribution >= 4 is 37.8 Å². The number of carbonyl (C=O) groups is 2. The highest BCUT2D eigenvalue weighted by Gasteiger charge is 2.43. The van der Waals surface area contributed by atoms with Crippen LogP contribution in [0.3, 0.4) is 0 Å². The molecule has 0 saturated carbocycles. The van der Waals surface area contributed by atoms with E-state index in [0.29, 0.717) is 31.0 Å². The topological polar surface area (TPSA) is 96.5 Å². The maximum absolute atomic E-state index is 13.1. The third kappa shape index (κ3) is 5.29. The van der Waals surface area contributed by atoms with Gasteiger partial charge < -0.3 is 9.47 Å². The molecule has 2 heterocycles. The fourth-order valence-electron chi connectivity index (χ4n) is 4.65. The number of imide groups is 1. The molecule has 4 rings (SSSR count). The molecule has 194 valence electrons. The second-order valence-electron chi connectivity index (χ2n) is 8.89. The van der Waals surface area contributed by atoms with Crippen LogP contribution in [-0.2, 0) is 26.0 Å². The highest BCUT2D eigenvalue weighted by atomic mass is 79.9. The van der Waals surface area contributed by atoms with Gasteiger partial charge in [-0.05, 0) is 54.8 Å². The first-order valence-corrected chi connectivity index (χ1v) is 13.9. The molecule has 2 amide bonds. The predicted molar refractivity (Wildman–Crippen MR) is 138 cm³/mol. The smallest absolute Gasteiger partial charge is 0.247 e. The molecular weight excluding hydrogens is 550 g/mol. The van der Waals surface area contributed by atoms with Crippen LogP contribution in [-0.4, -0.2) is 87.3 Å². The zero-order valence-electron chi connectivity index (χ0n) is 20.6. The van der Waals surface area contributed by atoms with E-state index < -0.39 is 16.1 Å². The van der Waals surface area contributed by atoms with Gasteiger partial charge in [-0.1, -0.05) is 22.0 Å². The quantitative estimate of drug-likeness (QED) is 0.443. The summed E-state index contributed by atoms with van der Waals surface area (Å²) in [6.45, 7) is 3.44. The molecule has 0 radical (unpaired) electrons. The molecule has 2 aliphatic heterocycles. The van der Waals surface area contributed by atoms with Gasteiger partial charge in [-0.15, -0.1) is 0 Å². The Labute approximate surface area is 220 Å². The van der Waals surface area contributed by atoms with E-state index in [2.05, 4.69) is 15.9 Å². The van der Waals surface area contributed by atoms with Gasteiger partial charge >= 0.3 is 0 Å². The number of ether oxygens (including phenoxy) is 2. The summed E-state index contributed by atoms with van der Waals surface area (Å²) < 4.78 is 39.1. The van der Waals surface area contributed by atoms with Gasteiger partial charge in [-0.25, -0.2) is 8.42 Å². The fraction of sp³-hybridized carbons (Fsp3) is 0.440. The molecule has 0 N–H and O–H groups in total. The third-order valence-corrected chi connectivity index (χ3v) is 9.56. The molecule has 2 aromatic rings. The molecule has 2 fully saturated rings. The summed E-state index contributed by atoms with van der Waals surface area (Å²) in [6, 6.07) is 9.95. The zero-order chi connectivity index (χ0) is 26.0. The molecule has 2 aliphatic rings. The van der Waals surface area contributed by atoms with Gasteiger partial charge in [0, 0.05) is 37.2 Å². The molecule has 2 saturated heterocycles. The average molecular weight is 581 g/mol. The van der Waals surface area contributed by atoms with Crippen LogP contribution in [0.5, 0.6) is 11.5 Å². The number of benzene rings is 2. The Balaban J connectivity index is 1.36. The van der Waals surface area contributed by atoms with Crippen molar-refractivity contribution in [1.29, 1.82) is 0 Å². The maximum atomic E-state index is 13.1. The van der Waals surface area contributed by atoms with Gasteiger partial charge in [0.1, 0.15) is 0 Å². The molecule has 0 aromatic heterocycles. The summed E-state index contributed by atoms with van der Waals surface area (Å²) in [7, 11) is -0.503. The minimum atomic E-state index is -3.63. The minimum Gasteiger partial charge on any atom is -0.493 e. The van der Waals surface area contributed by atoms with Crippen molar-refractivity contribution in [2.24, 2.45) is 0 Å². The molecule has 1 atom stereocenters. The third-order valence-electron chi connectivity index (χ3n) is 6.77. The Hall–Kier alpha value is -2.47. The highest BCUT2D eigenvalue weighted by Crippen LogP contribution is 2.29. The number of nitrogens with zero attached hydrogens (tertiary/aromatic N) is 3. The van der Waals surface area contributed by atoms with E-state index in [1.54, 1.807) is 38.5 Å². The summed E-state index contributed by atoms with van der Waals surface area (Å²) >= 11 is 3.40. The van der Waals surface area contributed by atoms with Gasteiger partial charge in [-0.3, -0.25) is 19.4 Å². The molecule has 0 unspecified atom stereocenters. The molecule has 2 aromatic carbocycles. The van der Waals surface area contributed by atoms with Gasteiger partial charge in [-0.2, -0.15) is 4.31 Å². The minimum absolute atomic E-state index is 0.115. The lowest BCUT2D eigenvalue weighted by Gasteiger charge is -2.36. The number of halogens is 1. The van der Waals surface area contributed by atoms with E-state index in [-0.39, 0.29) is 42.8 Å². The summed E-state index contributed by atoms with van der Waals surface area (Å²) in [5.74, 6) is 0.787. The Morgan fingerprint density at radius 3 is 2.31 bits per heavy atom. The van der Waals surface area contributed by atoms with Gasteiger partial charge in [0.2, 0.25) is 21.8 Å². The number of piperazine rings is 1. The highest BCUT2D eigenvalue weighted by molar-refractivity contribution is 9.10. The molecule has 36 heavy (non-hydrogen) atoms. The van der Waals surface area contributed by atoms with Gasteiger partial charge in [0.15, 0.2) is 11.5 Å². The number of amides is 2. The number of hydrogen-bond donors (Lipinski definition) is 0. The summed E-state index contributed by atoms with van der Waals surface area (Å²) in [4.78, 5) is 29.3. The fourth-order valence-corrected chi connectivity index (χ4v) is 6.40. The lowest BCUT2D eigenvalue weighted by molar-refractivity contribution is -0.139. The number of hydrogen-bond acceptors (Lipinski definition) is 7. The number of methoxy groups -OCH3 is 2. The van der Waals surface area contributed by atoms with Crippen LogP contribution in [0.15, 0.2) is 45.8 Å². The van der Waals surface area contributed by atoms with Crippen molar-refractivity contribution < 1.29 is 27.5 Å². The Morgan fingerprint density at radius 1 is 0.972 bits per heavy atom. The molecule has 9 nitrogen and oxygen atoms in total. The van der Waals surface area contributed by atoms with Gasteiger partial charge in [0.25, 0.3) is 0 Å². The van der Waals surface area contributed by atoms with E-state index >= 15 is 0 Å². The Bertz CT molecular complexity index is 1260. The van der Waals surface area contributed by atoms with Gasteiger partial charge in [0.05, 0.1) is 31.6 Å². The summed E-state index contributed by atoms with van der Waals surface area (Å²) in [6.07, 6.45) is 0.618. The van der Waals surface area contributed by atoms with Crippen molar-refractivity contribution in [2.75, 3.05) is 46.9 Å². The SMILES string of the molecule is COc1ccc(CCN2C(=O)C[C@H](N3CCN(S(=O)(=O)c4ccc(Br)c(C)c4)CC3)C2=O)cc1OC. The second kappa shape index (κ2) is 10.9. The number of sulfonamides is 1. The zero-order valence-corrected chi connectivity index (χ0v) is 23.0. The number of carbonyl (C=O) groups excluding carboxylic acids is 2. The van der Waals surface area contributed by atoms with Crippen molar-refractivity contribution in [1.82, 2.24) is 14.1 Å². The number of aryl methyl sites for hydroxylation is 1. The lowest BCUT2D eigenvalue weighted by Crippen LogP contribution is -2.53. The van der Waals surface area contributed by atoms with Crippen molar-refractivity contribution in [3.63, 3.8) is 0 Å². The summed E-state index contributed by atoms with van der Waals surface area (Å²) in [5.41, 5.74) is 1.77. The normalized spacial score (nSPS) is 19.7. The van der Waals surface area contributed by atoms with Crippen LogP contribution in [0.2, 0.25) is 0 Å². The van der Waals surface area contributed by atoms with Crippen molar-refractivity contribution in [3.8, 4) is 11.5 Å². The first-order chi connectivity index (χ1) is 17.1. The van der Waals surface area contributed by atoms with Crippen LogP contribution in [0.4, 0.5) is 0 Å². The molecule has 0 spiro atoms. The van der Waals surface area contributed by atoms with Crippen LogP contribution in [0.25, 0.3) is 0 Å². The molecule has 11 heteroatoms. The van der Waals surface area contributed by atoms with E-state index in [1.807, 2.05) is 24.0 Å². The maximum Gasteiger partial charge on any atom is 0.247 e. The lowest BCUT2D eigenvalue weighted by atomic mass is 10.1. The van der Waals surface area contributed by atoms with E-state index in [9.17, 15) is 18.0 Å². The first-order valence-electron chi connectivity index (χ1n) is 11.7. The average Bonchev–Trinajstić information content (AvgIpc) is 3.17. The Kier molecular flexibility index (Phi) is 8.03. The summed E-state index contributed by atoms with van der Waals surface area (Å²) in [5, 5.41) is 0. The van der Waals surface area contributed by atoms with E-state index in [0.717, 1.165) is 15.6 Å². The first kappa shape index (κ1) is 26.6.